The highest BCUT2D eigenvalue weighted by molar-refractivity contribution is 6.06. The highest BCUT2D eigenvalue weighted by Gasteiger charge is 2.19. The number of rotatable bonds is 5. The van der Waals surface area contributed by atoms with Crippen LogP contribution in [-0.4, -0.2) is 34.4 Å². The van der Waals surface area contributed by atoms with E-state index >= 15 is 0 Å². The molecule has 158 valence electrons. The average Bonchev–Trinajstić information content (AvgIpc) is 2.82. The van der Waals surface area contributed by atoms with E-state index < -0.39 is 0 Å². The van der Waals surface area contributed by atoms with Crippen LogP contribution in [0.3, 0.4) is 0 Å². The molecule has 0 amide bonds. The summed E-state index contributed by atoms with van der Waals surface area (Å²) in [4.78, 5) is 22.6. The van der Waals surface area contributed by atoms with Crippen molar-refractivity contribution in [3.8, 4) is 5.88 Å². The molecule has 0 bridgehead atoms. The van der Waals surface area contributed by atoms with Crippen molar-refractivity contribution in [2.45, 2.75) is 32.2 Å². The third-order valence-corrected chi connectivity index (χ3v) is 5.95. The van der Waals surface area contributed by atoms with Crippen LogP contribution in [0.2, 0.25) is 0 Å². The summed E-state index contributed by atoms with van der Waals surface area (Å²) in [5.41, 5.74) is 2.95. The first-order valence-electron chi connectivity index (χ1n) is 10.8. The normalized spacial score (nSPS) is 14.9. The zero-order valence-corrected chi connectivity index (χ0v) is 17.6. The monoisotopic (exact) mass is 415 g/mol. The van der Waals surface area contributed by atoms with E-state index in [2.05, 4.69) is 11.1 Å². The van der Waals surface area contributed by atoms with Crippen LogP contribution in [0.1, 0.15) is 36.9 Å². The van der Waals surface area contributed by atoms with Crippen molar-refractivity contribution in [2.24, 2.45) is 0 Å². The molecule has 0 radical (unpaired) electrons. The lowest BCUT2D eigenvalue weighted by Crippen LogP contribution is -2.29. The summed E-state index contributed by atoms with van der Waals surface area (Å²) in [6, 6.07) is 14.2. The molecule has 6 nitrogen and oxygen atoms in total. The van der Waals surface area contributed by atoms with Crippen LogP contribution >= 0.6 is 0 Å². The maximum atomic E-state index is 13.4. The van der Waals surface area contributed by atoms with Gasteiger partial charge in [-0.05, 0) is 48.8 Å². The van der Waals surface area contributed by atoms with Crippen LogP contribution in [0.25, 0.3) is 21.7 Å². The molecule has 0 aliphatic carbocycles. The van der Waals surface area contributed by atoms with Gasteiger partial charge in [-0.2, -0.15) is 0 Å². The molecule has 4 aromatic rings. The van der Waals surface area contributed by atoms with Crippen molar-refractivity contribution < 1.29 is 9.47 Å². The number of aromatic nitrogens is 3. The minimum Gasteiger partial charge on any atom is -0.478 e. The van der Waals surface area contributed by atoms with Crippen molar-refractivity contribution in [1.29, 1.82) is 0 Å². The Morgan fingerprint density at radius 3 is 2.61 bits per heavy atom. The van der Waals surface area contributed by atoms with E-state index in [4.69, 9.17) is 14.5 Å². The Bertz CT molecular complexity index is 1280. The largest absolute Gasteiger partial charge is 0.478 e. The Morgan fingerprint density at radius 1 is 1.06 bits per heavy atom. The predicted molar refractivity (Wildman–Crippen MR) is 121 cm³/mol. The molecule has 2 aromatic carbocycles. The van der Waals surface area contributed by atoms with Crippen molar-refractivity contribution in [3.63, 3.8) is 0 Å². The van der Waals surface area contributed by atoms with Crippen molar-refractivity contribution in [3.05, 3.63) is 76.5 Å². The van der Waals surface area contributed by atoms with Gasteiger partial charge < -0.3 is 9.47 Å². The topological polar surface area (TPSA) is 66.2 Å². The van der Waals surface area contributed by atoms with Gasteiger partial charge in [0, 0.05) is 36.9 Å². The molecule has 0 spiro atoms. The van der Waals surface area contributed by atoms with Crippen molar-refractivity contribution in [1.82, 2.24) is 14.5 Å². The summed E-state index contributed by atoms with van der Waals surface area (Å²) in [7, 11) is 0. The number of hydrogen-bond donors (Lipinski definition) is 0. The van der Waals surface area contributed by atoms with Gasteiger partial charge in [0.25, 0.3) is 5.56 Å². The minimum atomic E-state index is 0.0220. The van der Waals surface area contributed by atoms with Gasteiger partial charge in [-0.3, -0.25) is 9.36 Å². The summed E-state index contributed by atoms with van der Waals surface area (Å²) >= 11 is 0. The SMILES string of the molecule is CCOc1ccc(Cc2cc3c(=O)n(C4CCOCC4)cnc3c3ccccc23)cn1. The van der Waals surface area contributed by atoms with Crippen LogP contribution in [0.5, 0.6) is 5.88 Å². The highest BCUT2D eigenvalue weighted by atomic mass is 16.5. The van der Waals surface area contributed by atoms with Gasteiger partial charge >= 0.3 is 0 Å². The molecule has 1 fully saturated rings. The van der Waals surface area contributed by atoms with Crippen LogP contribution in [0.15, 0.2) is 59.8 Å². The van der Waals surface area contributed by atoms with E-state index in [9.17, 15) is 4.79 Å². The van der Waals surface area contributed by atoms with Gasteiger partial charge in [0.1, 0.15) is 0 Å². The molecular formula is C25H25N3O3. The third kappa shape index (κ3) is 3.79. The summed E-state index contributed by atoms with van der Waals surface area (Å²) < 4.78 is 12.7. The predicted octanol–water partition coefficient (Wildman–Crippen LogP) is 4.29. The van der Waals surface area contributed by atoms with Crippen LogP contribution in [0, 0.1) is 0 Å². The lowest BCUT2D eigenvalue weighted by molar-refractivity contribution is 0.0685. The molecule has 5 rings (SSSR count). The number of fused-ring (bicyclic) bond motifs is 3. The molecule has 3 heterocycles. The molecule has 6 heteroatoms. The van der Waals surface area contributed by atoms with Crippen molar-refractivity contribution in [2.75, 3.05) is 19.8 Å². The van der Waals surface area contributed by atoms with E-state index in [1.165, 1.54) is 0 Å². The second kappa shape index (κ2) is 8.47. The molecule has 1 aliphatic rings. The number of hydrogen-bond acceptors (Lipinski definition) is 5. The quantitative estimate of drug-likeness (QED) is 0.455. The first kappa shape index (κ1) is 19.7. The smallest absolute Gasteiger partial charge is 0.261 e. The number of pyridine rings is 1. The Morgan fingerprint density at radius 2 is 1.87 bits per heavy atom. The summed E-state index contributed by atoms with van der Waals surface area (Å²) in [6.45, 7) is 3.90. The van der Waals surface area contributed by atoms with Gasteiger partial charge in [-0.15, -0.1) is 0 Å². The second-order valence-corrected chi connectivity index (χ2v) is 7.89. The molecule has 1 aliphatic heterocycles. The fourth-order valence-corrected chi connectivity index (χ4v) is 4.39. The Kier molecular flexibility index (Phi) is 5.38. The van der Waals surface area contributed by atoms with Gasteiger partial charge in [0.05, 0.1) is 23.8 Å². The van der Waals surface area contributed by atoms with Gasteiger partial charge in [0.2, 0.25) is 5.88 Å². The first-order valence-corrected chi connectivity index (χ1v) is 10.8. The second-order valence-electron chi connectivity index (χ2n) is 7.89. The highest BCUT2D eigenvalue weighted by Crippen LogP contribution is 2.28. The fourth-order valence-electron chi connectivity index (χ4n) is 4.39. The van der Waals surface area contributed by atoms with Crippen LogP contribution in [-0.2, 0) is 11.2 Å². The molecule has 1 saturated heterocycles. The fraction of sp³-hybridized carbons (Fsp3) is 0.320. The molecule has 2 aromatic heterocycles. The first-order chi connectivity index (χ1) is 15.2. The van der Waals surface area contributed by atoms with E-state index in [0.717, 1.165) is 40.3 Å². The van der Waals surface area contributed by atoms with E-state index in [1.54, 1.807) is 10.9 Å². The van der Waals surface area contributed by atoms with Crippen molar-refractivity contribution >= 4 is 21.7 Å². The molecule has 31 heavy (non-hydrogen) atoms. The zero-order valence-electron chi connectivity index (χ0n) is 17.6. The lowest BCUT2D eigenvalue weighted by atomic mass is 9.96. The van der Waals surface area contributed by atoms with Crippen LogP contribution in [0.4, 0.5) is 0 Å². The Hall–Kier alpha value is -3.25. The molecule has 0 saturated carbocycles. The summed E-state index contributed by atoms with van der Waals surface area (Å²) in [5.74, 6) is 0.623. The Labute approximate surface area is 180 Å². The van der Waals surface area contributed by atoms with Gasteiger partial charge in [0.15, 0.2) is 0 Å². The number of ether oxygens (including phenoxy) is 2. The summed E-state index contributed by atoms with van der Waals surface area (Å²) in [5, 5.41) is 2.78. The van der Waals surface area contributed by atoms with E-state index in [1.807, 2.05) is 49.5 Å². The maximum absolute atomic E-state index is 13.4. The molecule has 0 atom stereocenters. The van der Waals surface area contributed by atoms with Crippen LogP contribution < -0.4 is 10.3 Å². The minimum absolute atomic E-state index is 0.0220. The van der Waals surface area contributed by atoms with E-state index in [0.29, 0.717) is 37.5 Å². The van der Waals surface area contributed by atoms with E-state index in [-0.39, 0.29) is 11.6 Å². The Balaban J connectivity index is 1.62. The maximum Gasteiger partial charge on any atom is 0.261 e. The lowest BCUT2D eigenvalue weighted by Gasteiger charge is -2.24. The molecular weight excluding hydrogens is 390 g/mol. The third-order valence-electron chi connectivity index (χ3n) is 5.95. The summed E-state index contributed by atoms with van der Waals surface area (Å²) in [6.07, 6.45) is 5.91. The zero-order chi connectivity index (χ0) is 21.2. The van der Waals surface area contributed by atoms with Gasteiger partial charge in [-0.1, -0.05) is 30.3 Å². The standard InChI is InChI=1S/C25H25N3O3/c1-2-31-23-8-7-17(15-26-23)13-18-14-22-24(21-6-4-3-5-20(18)21)27-16-28(25(22)29)19-9-11-30-12-10-19/h3-8,14-16,19H,2,9-13H2,1H3. The molecule has 0 unspecified atom stereocenters. The molecule has 0 N–H and O–H groups in total. The average molecular weight is 415 g/mol. The number of benzene rings is 2. The van der Waals surface area contributed by atoms with Gasteiger partial charge in [-0.25, -0.2) is 9.97 Å². The number of nitrogens with zero attached hydrogens (tertiary/aromatic N) is 3.